The van der Waals surface area contributed by atoms with Crippen LogP contribution in [0.1, 0.15) is 19.8 Å². The van der Waals surface area contributed by atoms with E-state index in [1.807, 2.05) is 14.0 Å². The van der Waals surface area contributed by atoms with E-state index in [0.717, 1.165) is 0 Å². The predicted molar refractivity (Wildman–Crippen MR) is 74.1 cm³/mol. The summed E-state index contributed by atoms with van der Waals surface area (Å²) in [6.45, 7) is 2.37. The lowest BCUT2D eigenvalue weighted by Crippen LogP contribution is -2.41. The van der Waals surface area contributed by atoms with E-state index >= 15 is 0 Å². The number of nitrogens with two attached hydrogens (primary N) is 1. The van der Waals surface area contributed by atoms with Gasteiger partial charge >= 0.3 is 0 Å². The molecular formula is C12H20N4O2S. The molecule has 1 fully saturated rings. The molecule has 1 atom stereocenters. The molecule has 1 heterocycles. The van der Waals surface area contributed by atoms with Gasteiger partial charge in [0, 0.05) is 24.8 Å². The van der Waals surface area contributed by atoms with Crippen LogP contribution in [0.15, 0.2) is 23.2 Å². The predicted octanol–water partition coefficient (Wildman–Crippen LogP) is 0.425. The summed E-state index contributed by atoms with van der Waals surface area (Å²) < 4.78 is 26.8. The normalized spacial score (nSPS) is 17.6. The molecule has 19 heavy (non-hydrogen) atoms. The summed E-state index contributed by atoms with van der Waals surface area (Å²) in [5, 5.41) is 0. The Hall–Kier alpha value is -1.18. The second kappa shape index (κ2) is 5.44. The van der Waals surface area contributed by atoms with Crippen LogP contribution < -0.4 is 10.5 Å². The molecule has 106 valence electrons. The van der Waals surface area contributed by atoms with Crippen molar-refractivity contribution in [2.45, 2.75) is 36.7 Å². The molecule has 0 saturated heterocycles. The minimum absolute atomic E-state index is 0.0261. The minimum Gasteiger partial charge on any atom is -0.383 e. The number of hydrogen-bond acceptors (Lipinski definition) is 5. The zero-order valence-electron chi connectivity index (χ0n) is 11.2. The molecule has 0 spiro atoms. The summed E-state index contributed by atoms with van der Waals surface area (Å²) in [6, 6.07) is 3.77. The van der Waals surface area contributed by atoms with E-state index in [1.54, 1.807) is 6.07 Å². The zero-order valence-corrected chi connectivity index (χ0v) is 12.0. The average Bonchev–Trinajstić information content (AvgIpc) is 3.19. The molecule has 1 saturated carbocycles. The molecule has 0 aliphatic heterocycles. The monoisotopic (exact) mass is 284 g/mol. The third kappa shape index (κ3) is 3.43. The Morgan fingerprint density at radius 3 is 2.84 bits per heavy atom. The van der Waals surface area contributed by atoms with Crippen LogP contribution in [0.25, 0.3) is 0 Å². The number of sulfonamides is 1. The van der Waals surface area contributed by atoms with E-state index in [9.17, 15) is 8.42 Å². The lowest BCUT2D eigenvalue weighted by atomic mass is 10.3. The first-order chi connectivity index (χ1) is 8.92. The molecule has 3 N–H and O–H groups in total. The molecule has 6 nitrogen and oxygen atoms in total. The van der Waals surface area contributed by atoms with Crippen LogP contribution in [0.5, 0.6) is 0 Å². The maximum Gasteiger partial charge on any atom is 0.244 e. The van der Waals surface area contributed by atoms with E-state index in [0.29, 0.717) is 12.6 Å². The highest BCUT2D eigenvalue weighted by atomic mass is 32.2. The molecule has 0 bridgehead atoms. The number of pyridine rings is 1. The van der Waals surface area contributed by atoms with Gasteiger partial charge in [0.25, 0.3) is 0 Å². The first kappa shape index (κ1) is 14.2. The maximum atomic E-state index is 12.1. The summed E-state index contributed by atoms with van der Waals surface area (Å²) in [5.41, 5.74) is 5.59. The first-order valence-electron chi connectivity index (χ1n) is 6.34. The average molecular weight is 284 g/mol. The van der Waals surface area contributed by atoms with Crippen molar-refractivity contribution in [1.82, 2.24) is 14.6 Å². The number of nitrogen functional groups attached to an aromatic ring is 1. The number of hydrogen-bond donors (Lipinski definition) is 2. The van der Waals surface area contributed by atoms with E-state index in [4.69, 9.17) is 5.73 Å². The topological polar surface area (TPSA) is 88.3 Å². The lowest BCUT2D eigenvalue weighted by molar-refractivity contribution is 0.248. The van der Waals surface area contributed by atoms with Crippen molar-refractivity contribution in [3.63, 3.8) is 0 Å². The van der Waals surface area contributed by atoms with Gasteiger partial charge in [-0.05, 0) is 38.9 Å². The number of anilines is 1. The summed E-state index contributed by atoms with van der Waals surface area (Å²) in [6.07, 6.45) is 3.87. The van der Waals surface area contributed by atoms with Gasteiger partial charge in [-0.2, -0.15) is 0 Å². The molecule has 1 unspecified atom stereocenters. The van der Waals surface area contributed by atoms with Gasteiger partial charge in [0.1, 0.15) is 10.7 Å². The van der Waals surface area contributed by atoms with Crippen molar-refractivity contribution >= 4 is 15.8 Å². The molecule has 0 amide bonds. The van der Waals surface area contributed by atoms with Gasteiger partial charge in [-0.3, -0.25) is 4.90 Å². The molecule has 7 heteroatoms. The Balaban J connectivity index is 2.00. The van der Waals surface area contributed by atoms with Crippen LogP contribution >= 0.6 is 0 Å². The zero-order chi connectivity index (χ0) is 14.0. The molecule has 1 aliphatic rings. The maximum absolute atomic E-state index is 12.1. The second-order valence-electron chi connectivity index (χ2n) is 4.98. The molecule has 0 aromatic carbocycles. The van der Waals surface area contributed by atoms with Crippen LogP contribution in [0.2, 0.25) is 0 Å². The van der Waals surface area contributed by atoms with Crippen molar-refractivity contribution in [1.29, 1.82) is 0 Å². The molecule has 0 radical (unpaired) electrons. The van der Waals surface area contributed by atoms with Crippen molar-refractivity contribution in [3.05, 3.63) is 18.3 Å². The van der Waals surface area contributed by atoms with Gasteiger partial charge in [0.2, 0.25) is 10.0 Å². The fraction of sp³-hybridized carbons (Fsp3) is 0.583. The van der Waals surface area contributed by atoms with Crippen LogP contribution in [0.3, 0.4) is 0 Å². The Bertz CT molecular complexity index is 542. The third-order valence-corrected chi connectivity index (χ3v) is 4.95. The summed E-state index contributed by atoms with van der Waals surface area (Å²) in [7, 11) is -1.57. The highest BCUT2D eigenvalue weighted by Gasteiger charge is 2.29. The van der Waals surface area contributed by atoms with Gasteiger partial charge < -0.3 is 5.73 Å². The first-order valence-corrected chi connectivity index (χ1v) is 7.82. The number of likely N-dealkylation sites (N-methyl/N-ethyl adjacent to an activating group) is 1. The lowest BCUT2D eigenvalue weighted by Gasteiger charge is -2.24. The molecular weight excluding hydrogens is 264 g/mol. The summed E-state index contributed by atoms with van der Waals surface area (Å²) in [5.74, 6) is 0.0261. The number of nitrogens with zero attached hydrogens (tertiary/aromatic N) is 2. The quantitative estimate of drug-likeness (QED) is 0.790. The van der Waals surface area contributed by atoms with Crippen molar-refractivity contribution < 1.29 is 8.42 Å². The smallest absolute Gasteiger partial charge is 0.244 e. The SMILES string of the molecule is CC(CNS(=O)(=O)c1cccnc1N)N(C)C1CC1. The van der Waals surface area contributed by atoms with E-state index in [1.165, 1.54) is 25.1 Å². The number of rotatable bonds is 6. The third-order valence-electron chi connectivity index (χ3n) is 3.48. The molecule has 2 rings (SSSR count). The molecule has 1 aromatic rings. The van der Waals surface area contributed by atoms with E-state index in [2.05, 4.69) is 14.6 Å². The fourth-order valence-electron chi connectivity index (χ4n) is 1.92. The summed E-state index contributed by atoms with van der Waals surface area (Å²) in [4.78, 5) is 6.04. The highest BCUT2D eigenvalue weighted by molar-refractivity contribution is 7.89. The number of nitrogens with one attached hydrogen (secondary N) is 1. The van der Waals surface area contributed by atoms with Gasteiger partial charge in [0.15, 0.2) is 0 Å². The largest absolute Gasteiger partial charge is 0.383 e. The van der Waals surface area contributed by atoms with E-state index in [-0.39, 0.29) is 16.8 Å². The minimum atomic E-state index is -3.59. The van der Waals surface area contributed by atoms with Gasteiger partial charge in [-0.1, -0.05) is 0 Å². The Morgan fingerprint density at radius 2 is 2.26 bits per heavy atom. The van der Waals surface area contributed by atoms with Gasteiger partial charge in [0.05, 0.1) is 0 Å². The van der Waals surface area contributed by atoms with E-state index < -0.39 is 10.0 Å². The Morgan fingerprint density at radius 1 is 1.58 bits per heavy atom. The van der Waals surface area contributed by atoms with Gasteiger partial charge in [-0.25, -0.2) is 18.1 Å². The molecule has 1 aliphatic carbocycles. The van der Waals surface area contributed by atoms with Crippen LogP contribution in [-0.4, -0.2) is 44.0 Å². The fourth-order valence-corrected chi connectivity index (χ4v) is 3.13. The number of aromatic nitrogens is 1. The van der Waals surface area contributed by atoms with Crippen LogP contribution in [-0.2, 0) is 10.0 Å². The molecule has 1 aromatic heterocycles. The summed E-state index contributed by atoms with van der Waals surface area (Å²) >= 11 is 0. The van der Waals surface area contributed by atoms with Crippen molar-refractivity contribution in [2.24, 2.45) is 0 Å². The Kier molecular flexibility index (Phi) is 4.07. The standard InChI is InChI=1S/C12H20N4O2S/c1-9(16(2)10-5-6-10)8-15-19(17,18)11-4-3-7-14-12(11)13/h3-4,7,9-10,15H,5-6,8H2,1-2H3,(H2,13,14). The second-order valence-corrected chi connectivity index (χ2v) is 6.72. The Labute approximate surface area is 114 Å². The van der Waals surface area contributed by atoms with Crippen molar-refractivity contribution in [3.8, 4) is 0 Å². The van der Waals surface area contributed by atoms with Crippen LogP contribution in [0, 0.1) is 0 Å². The van der Waals surface area contributed by atoms with Crippen molar-refractivity contribution in [2.75, 3.05) is 19.3 Å². The highest BCUT2D eigenvalue weighted by Crippen LogP contribution is 2.26. The van der Waals surface area contributed by atoms with Gasteiger partial charge in [-0.15, -0.1) is 0 Å². The van der Waals surface area contributed by atoms with Crippen LogP contribution in [0.4, 0.5) is 5.82 Å².